The van der Waals surface area contributed by atoms with E-state index < -0.39 is 27.3 Å². The first-order valence-electron chi connectivity index (χ1n) is 10.1. The van der Waals surface area contributed by atoms with Crippen LogP contribution in [0.5, 0.6) is 0 Å². The highest BCUT2D eigenvalue weighted by Crippen LogP contribution is 2.45. The Balaban J connectivity index is 1.74. The van der Waals surface area contributed by atoms with Gasteiger partial charge < -0.3 is 14.0 Å². The molecule has 31 heavy (non-hydrogen) atoms. The smallest absolute Gasteiger partial charge is 0.412 e. The lowest BCUT2D eigenvalue weighted by atomic mass is 9.82. The molecule has 0 saturated carbocycles. The van der Waals surface area contributed by atoms with Crippen molar-refractivity contribution in [2.24, 2.45) is 7.05 Å². The number of rotatable bonds is 3. The van der Waals surface area contributed by atoms with Crippen molar-refractivity contribution in [1.29, 1.82) is 0 Å². The number of aryl methyl sites for hydroxylation is 1. The second kappa shape index (κ2) is 7.61. The molecule has 168 valence electrons. The van der Waals surface area contributed by atoms with Crippen LogP contribution in [0.15, 0.2) is 47.9 Å². The number of sulfonamides is 1. The molecule has 0 N–H and O–H groups in total. The molecular formula is C21H28N4O5S. The van der Waals surface area contributed by atoms with Gasteiger partial charge in [0.2, 0.25) is 0 Å². The predicted octanol–water partition coefficient (Wildman–Crippen LogP) is 2.17. The first-order chi connectivity index (χ1) is 14.5. The molecule has 3 heterocycles. The molecule has 2 unspecified atom stereocenters. The van der Waals surface area contributed by atoms with Crippen molar-refractivity contribution in [2.75, 3.05) is 26.4 Å². The van der Waals surface area contributed by atoms with Crippen LogP contribution in [0.4, 0.5) is 4.79 Å². The third kappa shape index (κ3) is 3.95. The summed E-state index contributed by atoms with van der Waals surface area (Å²) in [5.41, 5.74) is -0.604. The van der Waals surface area contributed by atoms with Gasteiger partial charge in [0, 0.05) is 32.3 Å². The summed E-state index contributed by atoms with van der Waals surface area (Å²) in [6.07, 6.45) is 2.43. The molecule has 1 aromatic heterocycles. The molecule has 2 saturated heterocycles. The van der Waals surface area contributed by atoms with E-state index in [1.165, 1.54) is 16.8 Å². The second-order valence-corrected chi connectivity index (χ2v) is 11.0. The third-order valence-electron chi connectivity index (χ3n) is 5.70. The van der Waals surface area contributed by atoms with E-state index in [4.69, 9.17) is 9.47 Å². The summed E-state index contributed by atoms with van der Waals surface area (Å²) in [6, 6.07) is 9.63. The van der Waals surface area contributed by atoms with Crippen LogP contribution in [0.1, 0.15) is 32.3 Å². The van der Waals surface area contributed by atoms with Gasteiger partial charge in [-0.1, -0.05) is 30.3 Å². The van der Waals surface area contributed by atoms with E-state index in [9.17, 15) is 13.2 Å². The minimum Gasteiger partial charge on any atom is -0.444 e. The second-order valence-electron chi connectivity index (χ2n) is 9.13. The fourth-order valence-corrected chi connectivity index (χ4v) is 5.77. The van der Waals surface area contributed by atoms with Gasteiger partial charge in [-0.3, -0.25) is 4.90 Å². The molecule has 9 nitrogen and oxygen atoms in total. The van der Waals surface area contributed by atoms with E-state index in [-0.39, 0.29) is 37.4 Å². The van der Waals surface area contributed by atoms with Gasteiger partial charge in [0.25, 0.3) is 10.0 Å². The standard InChI is InChI=1S/C21H28N4O5S/c1-20(2,3)30-19(26)25-15-29-13-21(25)12-24(10-17(21)16-8-6-5-7-9-16)31(27,28)18-11-23(4)14-22-18/h5-9,11,14,17H,10,12-13,15H2,1-4H3. The molecular weight excluding hydrogens is 420 g/mol. The van der Waals surface area contributed by atoms with Gasteiger partial charge in [-0.15, -0.1) is 0 Å². The van der Waals surface area contributed by atoms with Gasteiger partial charge in [-0.05, 0) is 26.3 Å². The monoisotopic (exact) mass is 448 g/mol. The van der Waals surface area contributed by atoms with Crippen LogP contribution in [0.2, 0.25) is 0 Å². The molecule has 4 rings (SSSR count). The molecule has 0 aliphatic carbocycles. The van der Waals surface area contributed by atoms with Gasteiger partial charge in [-0.2, -0.15) is 4.31 Å². The number of ether oxygens (including phenoxy) is 2. The zero-order chi connectivity index (χ0) is 22.4. The minimum atomic E-state index is -3.84. The van der Waals surface area contributed by atoms with E-state index in [1.807, 2.05) is 30.3 Å². The lowest BCUT2D eigenvalue weighted by molar-refractivity contribution is 0.00492. The zero-order valence-corrected chi connectivity index (χ0v) is 19.0. The Hall–Kier alpha value is -2.43. The van der Waals surface area contributed by atoms with Crippen LogP contribution in [-0.2, 0) is 26.5 Å². The Morgan fingerprint density at radius 3 is 2.58 bits per heavy atom. The minimum absolute atomic E-state index is 0.0124. The van der Waals surface area contributed by atoms with Crippen molar-refractivity contribution < 1.29 is 22.7 Å². The molecule has 2 atom stereocenters. The number of nitrogens with zero attached hydrogens (tertiary/aromatic N) is 4. The number of carbonyl (C=O) groups excluding carboxylic acids is 1. The van der Waals surface area contributed by atoms with Gasteiger partial charge in [0.1, 0.15) is 12.3 Å². The molecule has 2 aromatic rings. The molecule has 0 radical (unpaired) electrons. The van der Waals surface area contributed by atoms with Gasteiger partial charge >= 0.3 is 6.09 Å². The first kappa shape index (κ1) is 21.8. The van der Waals surface area contributed by atoms with Crippen molar-refractivity contribution >= 4 is 16.1 Å². The van der Waals surface area contributed by atoms with Crippen molar-refractivity contribution in [1.82, 2.24) is 18.8 Å². The molecule has 2 aliphatic heterocycles. The fraction of sp³-hybridized carbons (Fsp3) is 0.524. The molecule has 10 heteroatoms. The number of aromatic nitrogens is 2. The summed E-state index contributed by atoms with van der Waals surface area (Å²) in [4.78, 5) is 18.7. The fourth-order valence-electron chi connectivity index (χ4n) is 4.28. The highest BCUT2D eigenvalue weighted by atomic mass is 32.2. The number of carbonyl (C=O) groups is 1. The Morgan fingerprint density at radius 2 is 1.97 bits per heavy atom. The van der Waals surface area contributed by atoms with E-state index >= 15 is 0 Å². The zero-order valence-electron chi connectivity index (χ0n) is 18.2. The maximum absolute atomic E-state index is 13.3. The van der Waals surface area contributed by atoms with Gasteiger partial charge in [0.05, 0.1) is 18.5 Å². The van der Waals surface area contributed by atoms with Gasteiger partial charge in [-0.25, -0.2) is 18.2 Å². The first-order valence-corrected chi connectivity index (χ1v) is 11.6. The van der Waals surface area contributed by atoms with Crippen molar-refractivity contribution in [3.63, 3.8) is 0 Å². The largest absolute Gasteiger partial charge is 0.444 e. The summed E-state index contributed by atoms with van der Waals surface area (Å²) < 4.78 is 41.0. The van der Waals surface area contributed by atoms with E-state index in [2.05, 4.69) is 4.98 Å². The van der Waals surface area contributed by atoms with Crippen molar-refractivity contribution in [3.05, 3.63) is 48.4 Å². The summed E-state index contributed by atoms with van der Waals surface area (Å²) in [6.45, 7) is 5.99. The molecule has 2 aliphatic rings. The number of imidazole rings is 1. The molecule has 1 aromatic carbocycles. The topological polar surface area (TPSA) is 94.0 Å². The quantitative estimate of drug-likeness (QED) is 0.714. The average Bonchev–Trinajstić information content (AvgIpc) is 3.41. The van der Waals surface area contributed by atoms with Crippen molar-refractivity contribution in [3.8, 4) is 0 Å². The van der Waals surface area contributed by atoms with Crippen LogP contribution < -0.4 is 0 Å². The highest BCUT2D eigenvalue weighted by molar-refractivity contribution is 7.89. The summed E-state index contributed by atoms with van der Waals surface area (Å²) >= 11 is 0. The van der Waals surface area contributed by atoms with Crippen LogP contribution in [0, 0.1) is 0 Å². The summed E-state index contributed by atoms with van der Waals surface area (Å²) in [5.74, 6) is -0.276. The number of amides is 1. The number of hydrogen-bond donors (Lipinski definition) is 0. The number of hydrogen-bond acceptors (Lipinski definition) is 6. The average molecular weight is 449 g/mol. The van der Waals surface area contributed by atoms with E-state index in [0.717, 1.165) is 5.56 Å². The SMILES string of the molecule is Cn1cnc(S(=O)(=O)N2CC(c3ccccc3)C3(COCN3C(=O)OC(C)(C)C)C2)c1. The summed E-state index contributed by atoms with van der Waals surface area (Å²) in [7, 11) is -2.12. The summed E-state index contributed by atoms with van der Waals surface area (Å²) in [5, 5.41) is -0.0124. The maximum Gasteiger partial charge on any atom is 0.412 e. The van der Waals surface area contributed by atoms with Crippen LogP contribution in [-0.4, -0.2) is 70.8 Å². The Kier molecular flexibility index (Phi) is 5.35. The lowest BCUT2D eigenvalue weighted by Crippen LogP contribution is -2.55. The van der Waals surface area contributed by atoms with Crippen molar-refractivity contribution in [2.45, 2.75) is 42.9 Å². The van der Waals surface area contributed by atoms with E-state index in [0.29, 0.717) is 0 Å². The molecule has 2 fully saturated rings. The van der Waals surface area contributed by atoms with Crippen LogP contribution >= 0.6 is 0 Å². The molecule has 1 amide bonds. The van der Waals surface area contributed by atoms with Crippen LogP contribution in [0.3, 0.4) is 0 Å². The highest BCUT2D eigenvalue weighted by Gasteiger charge is 2.59. The molecule has 1 spiro atoms. The van der Waals surface area contributed by atoms with E-state index in [1.54, 1.807) is 37.3 Å². The third-order valence-corrected chi connectivity index (χ3v) is 7.39. The Morgan fingerprint density at radius 1 is 1.26 bits per heavy atom. The predicted molar refractivity (Wildman–Crippen MR) is 113 cm³/mol. The maximum atomic E-state index is 13.3. The normalized spacial score (nSPS) is 24.8. The Bertz CT molecular complexity index is 1060. The molecule has 0 bridgehead atoms. The van der Waals surface area contributed by atoms with Gasteiger partial charge in [0.15, 0.2) is 5.03 Å². The van der Waals surface area contributed by atoms with Crippen LogP contribution in [0.25, 0.3) is 0 Å². The lowest BCUT2D eigenvalue weighted by Gasteiger charge is -2.38. The Labute approximate surface area is 182 Å². The number of benzene rings is 1.